The van der Waals surface area contributed by atoms with Crippen molar-refractivity contribution in [2.75, 3.05) is 52.4 Å². The summed E-state index contributed by atoms with van der Waals surface area (Å²) in [7, 11) is -5.14. The van der Waals surface area contributed by atoms with Gasteiger partial charge in [0.2, 0.25) is 0 Å². The van der Waals surface area contributed by atoms with Crippen LogP contribution in [-0.2, 0) is 4.57 Å². The minimum absolute atomic E-state index is 1.36. The van der Waals surface area contributed by atoms with Crippen LogP contribution in [0.25, 0.3) is 0 Å². The molecule has 0 radical (unpaired) electrons. The first-order chi connectivity index (χ1) is 28.5. The molecule has 0 aliphatic rings. The Morgan fingerprint density at radius 2 is 0.407 bits per heavy atom. The van der Waals surface area contributed by atoms with Gasteiger partial charge in [-0.1, -0.05) is 196 Å². The lowest BCUT2D eigenvalue weighted by Gasteiger charge is -2.38. The van der Waals surface area contributed by atoms with Gasteiger partial charge in [0, 0.05) is 0 Å². The first kappa shape index (κ1) is 63.3. The second-order valence-corrected chi connectivity index (χ2v) is 19.7. The molecule has 0 heterocycles. The van der Waals surface area contributed by atoms with Crippen LogP contribution in [0.15, 0.2) is 0 Å². The third-order valence-corrected chi connectivity index (χ3v) is 13.3. The molecule has 7 heteroatoms. The molecule has 59 heavy (non-hydrogen) atoms. The lowest BCUT2D eigenvalue weighted by atomic mass is 10.1. The summed E-state index contributed by atoms with van der Waals surface area (Å²) in [4.78, 5) is 24.3. The summed E-state index contributed by atoms with van der Waals surface area (Å²) in [6.45, 7) is 30.3. The van der Waals surface area contributed by atoms with Crippen molar-refractivity contribution in [3.05, 3.63) is 0 Å². The number of quaternary nitrogens is 2. The van der Waals surface area contributed by atoms with Gasteiger partial charge in [-0.05, 0) is 90.9 Å². The van der Waals surface area contributed by atoms with Gasteiger partial charge in [-0.25, -0.2) is 0 Å². The largest absolute Gasteiger partial charge is 0.790 e. The van der Waals surface area contributed by atoms with Crippen LogP contribution in [0.3, 0.4) is 0 Å². The van der Waals surface area contributed by atoms with Crippen LogP contribution in [0.2, 0.25) is 0 Å². The normalized spacial score (nSPS) is 12.0. The molecule has 0 aliphatic heterocycles. The third kappa shape index (κ3) is 50.6. The van der Waals surface area contributed by atoms with Crippen LogP contribution in [0.1, 0.15) is 287 Å². The van der Waals surface area contributed by atoms with Gasteiger partial charge in [0.25, 0.3) is 0 Å². The van der Waals surface area contributed by atoms with E-state index in [1.165, 1.54) is 292 Å². The van der Waals surface area contributed by atoms with Gasteiger partial charge in [0.1, 0.15) is 0 Å². The van der Waals surface area contributed by atoms with Crippen LogP contribution in [0.4, 0.5) is 0 Å². The number of rotatable bonds is 44. The molecule has 0 saturated heterocycles. The molecule has 0 saturated carbocycles. The predicted molar refractivity (Wildman–Crippen MR) is 261 cm³/mol. The van der Waals surface area contributed by atoms with E-state index in [0.717, 1.165) is 0 Å². The minimum atomic E-state index is -5.14. The lowest BCUT2D eigenvalue weighted by Crippen LogP contribution is -2.50. The number of phosphoric acid groups is 1. The zero-order valence-electron chi connectivity index (χ0n) is 42.1. The van der Waals surface area contributed by atoms with Crippen molar-refractivity contribution in [2.24, 2.45) is 0 Å². The minimum Gasteiger partial charge on any atom is -0.790 e. The molecular formula is C52H113N2O4P. The van der Waals surface area contributed by atoms with Gasteiger partial charge in [-0.3, -0.25) is 0 Å². The second kappa shape index (κ2) is 49.1. The maximum Gasteiger partial charge on any atom is 0.0786 e. The summed E-state index contributed by atoms with van der Waals surface area (Å²) >= 11 is 0. The SMILES string of the molecule is CCCCCCCC[N+](CC)(CCCCCCCC)CCCCCCCC.CCCCCCCC[N+](CC)(CCCCCCCC)CCCCCCCC.O=P([O-])([O-])O. The highest BCUT2D eigenvalue weighted by Crippen LogP contribution is 2.20. The summed E-state index contributed by atoms with van der Waals surface area (Å²) in [5.74, 6) is 0. The van der Waals surface area contributed by atoms with Crippen molar-refractivity contribution < 1.29 is 28.2 Å². The maximum absolute atomic E-state index is 8.66. The smallest absolute Gasteiger partial charge is 0.0786 e. The molecule has 0 aliphatic carbocycles. The van der Waals surface area contributed by atoms with Crippen molar-refractivity contribution in [1.29, 1.82) is 0 Å². The molecule has 0 bridgehead atoms. The Morgan fingerprint density at radius 1 is 0.288 bits per heavy atom. The van der Waals surface area contributed by atoms with Crippen LogP contribution in [0.5, 0.6) is 0 Å². The number of hydrogen-bond donors (Lipinski definition) is 1. The van der Waals surface area contributed by atoms with E-state index in [1.54, 1.807) is 0 Å². The Balaban J connectivity index is -0.000000951. The zero-order valence-corrected chi connectivity index (χ0v) is 43.0. The van der Waals surface area contributed by atoms with Crippen LogP contribution >= 0.6 is 7.82 Å². The summed E-state index contributed by atoms with van der Waals surface area (Å²) in [5.41, 5.74) is 0. The fourth-order valence-corrected chi connectivity index (χ4v) is 8.98. The van der Waals surface area contributed by atoms with E-state index in [0.29, 0.717) is 0 Å². The number of unbranched alkanes of at least 4 members (excludes halogenated alkanes) is 30. The van der Waals surface area contributed by atoms with Gasteiger partial charge in [-0.15, -0.1) is 0 Å². The van der Waals surface area contributed by atoms with E-state index in [2.05, 4.69) is 55.4 Å². The summed E-state index contributed by atoms with van der Waals surface area (Å²) in [6.07, 6.45) is 51.9. The Morgan fingerprint density at radius 3 is 0.525 bits per heavy atom. The van der Waals surface area contributed by atoms with Crippen molar-refractivity contribution >= 4 is 7.82 Å². The molecule has 1 N–H and O–H groups in total. The highest BCUT2D eigenvalue weighted by molar-refractivity contribution is 7.42. The van der Waals surface area contributed by atoms with Gasteiger partial charge in [0.05, 0.1) is 60.2 Å². The monoisotopic (exact) mass is 861 g/mol. The third-order valence-electron chi connectivity index (χ3n) is 13.3. The fraction of sp³-hybridized carbons (Fsp3) is 1.00. The van der Waals surface area contributed by atoms with Crippen molar-refractivity contribution in [3.63, 3.8) is 0 Å². The van der Waals surface area contributed by atoms with E-state index in [4.69, 9.17) is 19.2 Å². The van der Waals surface area contributed by atoms with Gasteiger partial charge >= 0.3 is 0 Å². The van der Waals surface area contributed by atoms with Gasteiger partial charge in [0.15, 0.2) is 0 Å². The van der Waals surface area contributed by atoms with E-state index in [1.807, 2.05) is 0 Å². The first-order valence-electron chi connectivity index (χ1n) is 26.9. The zero-order chi connectivity index (χ0) is 44.6. The Kier molecular flexibility index (Phi) is 52.6. The lowest BCUT2D eigenvalue weighted by molar-refractivity contribution is -0.927. The van der Waals surface area contributed by atoms with Crippen LogP contribution in [0, 0.1) is 0 Å². The summed E-state index contributed by atoms with van der Waals surface area (Å²) in [6, 6.07) is 0. The predicted octanol–water partition coefficient (Wildman–Crippen LogP) is 15.6. The van der Waals surface area contributed by atoms with Crippen molar-refractivity contribution in [1.82, 2.24) is 0 Å². The van der Waals surface area contributed by atoms with Crippen molar-refractivity contribution in [2.45, 2.75) is 287 Å². The van der Waals surface area contributed by atoms with Gasteiger partial charge < -0.3 is 28.2 Å². The number of hydrogen-bond acceptors (Lipinski definition) is 3. The molecule has 0 aromatic rings. The Hall–Kier alpha value is 0.0300. The maximum atomic E-state index is 8.66. The molecular weight excluding hydrogens is 748 g/mol. The average Bonchev–Trinajstić information content (AvgIpc) is 3.21. The fourth-order valence-electron chi connectivity index (χ4n) is 8.98. The molecule has 0 spiro atoms. The highest BCUT2D eigenvalue weighted by atomic mass is 31.2. The van der Waals surface area contributed by atoms with E-state index in [-0.39, 0.29) is 0 Å². The number of nitrogens with zero attached hydrogens (tertiary/aromatic N) is 2. The molecule has 0 aromatic heterocycles. The molecule has 0 unspecified atom stereocenters. The molecule has 0 atom stereocenters. The first-order valence-corrected chi connectivity index (χ1v) is 28.4. The van der Waals surface area contributed by atoms with Crippen LogP contribution in [-0.4, -0.2) is 66.2 Å². The molecule has 0 rings (SSSR count). The average molecular weight is 861 g/mol. The van der Waals surface area contributed by atoms with E-state index >= 15 is 0 Å². The van der Waals surface area contributed by atoms with Crippen LogP contribution < -0.4 is 9.79 Å². The Labute approximate surface area is 373 Å². The van der Waals surface area contributed by atoms with Crippen molar-refractivity contribution in [3.8, 4) is 0 Å². The quantitative estimate of drug-likeness (QED) is 0.0376. The topological polar surface area (TPSA) is 83.4 Å². The molecule has 360 valence electrons. The van der Waals surface area contributed by atoms with E-state index < -0.39 is 7.82 Å². The standard InChI is InChI=1S/2C26H56N.H3O4P/c2*1-5-9-12-15-18-21-24-27(8-4,25-22-19-16-13-10-6-2)26-23-20-17-14-11-7-3;1-5(2,3)4/h2*5-26H2,1-4H3;(H3,1,2,3,4)/q2*+1;/p-2. The molecule has 0 aromatic carbocycles. The second-order valence-electron chi connectivity index (χ2n) is 18.7. The molecule has 0 fully saturated rings. The highest BCUT2D eigenvalue weighted by Gasteiger charge is 2.25. The summed E-state index contributed by atoms with van der Waals surface area (Å²) in [5, 5.41) is 0. The summed E-state index contributed by atoms with van der Waals surface area (Å²) < 4.78 is 11.5. The van der Waals surface area contributed by atoms with E-state index in [9.17, 15) is 0 Å². The molecule has 6 nitrogen and oxygen atoms in total. The molecule has 0 amide bonds. The van der Waals surface area contributed by atoms with Gasteiger partial charge in [-0.2, -0.15) is 0 Å². The Bertz CT molecular complexity index is 677.